The standard InChI is InChI=1S/C21H29N5O/c1-15-3-2-4-20-23-18(14-26(15)20)13-22-21(27)25-9-7-24(8-10-25)19-12-16-5-6-17(19)11-16/h2-4,14,16-17,19H,5-13H2,1H3,(H,22,27). The first-order valence-corrected chi connectivity index (χ1v) is 10.4. The van der Waals surface area contributed by atoms with Crippen molar-refractivity contribution in [1.29, 1.82) is 0 Å². The number of hydrogen-bond donors (Lipinski definition) is 1. The van der Waals surface area contributed by atoms with Crippen LogP contribution in [0.5, 0.6) is 0 Å². The summed E-state index contributed by atoms with van der Waals surface area (Å²) in [5.41, 5.74) is 2.98. The molecule has 2 aliphatic carbocycles. The topological polar surface area (TPSA) is 52.9 Å². The zero-order chi connectivity index (χ0) is 18.4. The molecule has 0 aromatic carbocycles. The van der Waals surface area contributed by atoms with E-state index in [1.54, 1.807) is 0 Å². The minimum absolute atomic E-state index is 0.0383. The molecule has 6 heteroatoms. The van der Waals surface area contributed by atoms with Gasteiger partial charge in [-0.05, 0) is 50.2 Å². The predicted octanol–water partition coefficient (Wildman–Crippen LogP) is 2.66. The molecule has 1 saturated heterocycles. The molecule has 2 aromatic rings. The van der Waals surface area contributed by atoms with Crippen LogP contribution in [0.4, 0.5) is 4.79 Å². The number of imidazole rings is 1. The second-order valence-corrected chi connectivity index (χ2v) is 8.55. The van der Waals surface area contributed by atoms with Gasteiger partial charge in [0.05, 0.1) is 12.2 Å². The quantitative estimate of drug-likeness (QED) is 0.907. The number of aromatic nitrogens is 2. The van der Waals surface area contributed by atoms with E-state index in [9.17, 15) is 4.79 Å². The van der Waals surface area contributed by atoms with Crippen LogP contribution >= 0.6 is 0 Å². The van der Waals surface area contributed by atoms with Gasteiger partial charge in [0.1, 0.15) is 5.65 Å². The Morgan fingerprint density at radius 1 is 1.19 bits per heavy atom. The Balaban J connectivity index is 1.13. The van der Waals surface area contributed by atoms with E-state index in [2.05, 4.69) is 32.6 Å². The molecule has 2 aromatic heterocycles. The highest BCUT2D eigenvalue weighted by atomic mass is 16.2. The van der Waals surface area contributed by atoms with Crippen LogP contribution in [0, 0.1) is 18.8 Å². The summed E-state index contributed by atoms with van der Waals surface area (Å²) in [7, 11) is 0. The highest BCUT2D eigenvalue weighted by Crippen LogP contribution is 2.46. The maximum atomic E-state index is 12.6. The lowest BCUT2D eigenvalue weighted by Gasteiger charge is -2.40. The van der Waals surface area contributed by atoms with Crippen molar-refractivity contribution in [2.75, 3.05) is 26.2 Å². The van der Waals surface area contributed by atoms with E-state index in [-0.39, 0.29) is 6.03 Å². The van der Waals surface area contributed by atoms with Crippen molar-refractivity contribution in [3.05, 3.63) is 35.8 Å². The number of nitrogens with one attached hydrogen (secondary N) is 1. The van der Waals surface area contributed by atoms with Crippen LogP contribution < -0.4 is 5.32 Å². The number of fused-ring (bicyclic) bond motifs is 3. The van der Waals surface area contributed by atoms with E-state index in [0.29, 0.717) is 6.54 Å². The largest absolute Gasteiger partial charge is 0.332 e. The zero-order valence-electron chi connectivity index (χ0n) is 16.1. The van der Waals surface area contributed by atoms with Gasteiger partial charge in [0, 0.05) is 44.1 Å². The van der Waals surface area contributed by atoms with E-state index in [4.69, 9.17) is 0 Å². The first-order chi connectivity index (χ1) is 13.2. The number of hydrogen-bond acceptors (Lipinski definition) is 3. The maximum Gasteiger partial charge on any atom is 0.317 e. The number of carbonyl (C=O) groups excluding carboxylic acids is 1. The molecule has 144 valence electrons. The Morgan fingerprint density at radius 3 is 2.74 bits per heavy atom. The van der Waals surface area contributed by atoms with Gasteiger partial charge in [0.2, 0.25) is 0 Å². The van der Waals surface area contributed by atoms with Gasteiger partial charge in [-0.15, -0.1) is 0 Å². The number of piperazine rings is 1. The second kappa shape index (κ2) is 6.82. The Bertz CT molecular complexity index is 838. The zero-order valence-corrected chi connectivity index (χ0v) is 16.1. The normalized spacial score (nSPS) is 28.2. The van der Waals surface area contributed by atoms with Crippen LogP contribution in [-0.4, -0.2) is 57.4 Å². The average Bonchev–Trinajstić information content (AvgIpc) is 3.42. The number of rotatable bonds is 3. The van der Waals surface area contributed by atoms with E-state index in [0.717, 1.165) is 61.1 Å². The molecule has 0 spiro atoms. The molecule has 1 aliphatic heterocycles. The number of urea groups is 1. The lowest BCUT2D eigenvalue weighted by molar-refractivity contribution is 0.0826. The Morgan fingerprint density at radius 2 is 2.04 bits per heavy atom. The average molecular weight is 367 g/mol. The Kier molecular flexibility index (Phi) is 4.31. The van der Waals surface area contributed by atoms with Crippen LogP contribution in [0.2, 0.25) is 0 Å². The monoisotopic (exact) mass is 367 g/mol. The fraction of sp³-hybridized carbons (Fsp3) is 0.619. The smallest absolute Gasteiger partial charge is 0.317 e. The summed E-state index contributed by atoms with van der Waals surface area (Å²) in [6.45, 7) is 6.26. The summed E-state index contributed by atoms with van der Waals surface area (Å²) in [5, 5.41) is 3.05. The molecule has 1 N–H and O–H groups in total. The van der Waals surface area contributed by atoms with Crippen molar-refractivity contribution < 1.29 is 4.79 Å². The molecule has 2 amide bonds. The third-order valence-electron chi connectivity index (χ3n) is 6.94. The van der Waals surface area contributed by atoms with E-state index in [1.165, 1.54) is 25.7 Å². The summed E-state index contributed by atoms with van der Waals surface area (Å²) in [6, 6.07) is 6.89. The molecule has 3 unspecified atom stereocenters. The maximum absolute atomic E-state index is 12.6. The van der Waals surface area contributed by atoms with Crippen molar-refractivity contribution in [2.24, 2.45) is 11.8 Å². The van der Waals surface area contributed by atoms with Crippen molar-refractivity contribution in [1.82, 2.24) is 24.5 Å². The third kappa shape index (κ3) is 3.20. The molecule has 3 aliphatic rings. The van der Waals surface area contributed by atoms with Crippen LogP contribution in [0.15, 0.2) is 24.4 Å². The number of pyridine rings is 1. The molecule has 3 atom stereocenters. The summed E-state index contributed by atoms with van der Waals surface area (Å²) in [4.78, 5) is 21.8. The van der Waals surface area contributed by atoms with Gasteiger partial charge in [0.15, 0.2) is 0 Å². The van der Waals surface area contributed by atoms with Crippen molar-refractivity contribution >= 4 is 11.7 Å². The number of carbonyl (C=O) groups is 1. The summed E-state index contributed by atoms with van der Waals surface area (Å²) < 4.78 is 2.07. The van der Waals surface area contributed by atoms with Gasteiger partial charge in [-0.25, -0.2) is 9.78 Å². The molecular formula is C21H29N5O. The molecule has 27 heavy (non-hydrogen) atoms. The Labute approximate surface area is 160 Å². The lowest BCUT2D eigenvalue weighted by Crippen LogP contribution is -2.55. The van der Waals surface area contributed by atoms with E-state index < -0.39 is 0 Å². The SMILES string of the molecule is Cc1cccc2nc(CNC(=O)N3CCN(C4CC5CCC4C5)CC3)cn12. The second-order valence-electron chi connectivity index (χ2n) is 8.55. The first kappa shape index (κ1) is 17.0. The van der Waals surface area contributed by atoms with Crippen molar-refractivity contribution in [2.45, 2.75) is 45.2 Å². The molecule has 6 nitrogen and oxygen atoms in total. The van der Waals surface area contributed by atoms with Crippen molar-refractivity contribution in [3.63, 3.8) is 0 Å². The van der Waals surface area contributed by atoms with Crippen molar-refractivity contribution in [3.8, 4) is 0 Å². The molecular weight excluding hydrogens is 338 g/mol. The molecule has 0 radical (unpaired) electrons. The van der Waals surface area contributed by atoms with Gasteiger partial charge >= 0.3 is 6.03 Å². The molecule has 2 saturated carbocycles. The highest BCUT2D eigenvalue weighted by Gasteiger charge is 2.42. The predicted molar refractivity (Wildman–Crippen MR) is 105 cm³/mol. The molecule has 3 fully saturated rings. The highest BCUT2D eigenvalue weighted by molar-refractivity contribution is 5.74. The van der Waals surface area contributed by atoms with Gasteiger partial charge < -0.3 is 14.6 Å². The molecule has 5 rings (SSSR count). The van der Waals surface area contributed by atoms with Crippen LogP contribution in [-0.2, 0) is 6.54 Å². The summed E-state index contributed by atoms with van der Waals surface area (Å²) in [5.74, 6) is 1.91. The minimum atomic E-state index is 0.0383. The van der Waals surface area contributed by atoms with E-state index >= 15 is 0 Å². The van der Waals surface area contributed by atoms with Crippen LogP contribution in [0.3, 0.4) is 0 Å². The van der Waals surface area contributed by atoms with E-state index in [1.807, 2.05) is 23.2 Å². The first-order valence-electron chi connectivity index (χ1n) is 10.4. The van der Waals surface area contributed by atoms with Gasteiger partial charge in [0.25, 0.3) is 0 Å². The third-order valence-corrected chi connectivity index (χ3v) is 6.94. The molecule has 3 heterocycles. The summed E-state index contributed by atoms with van der Waals surface area (Å²) >= 11 is 0. The van der Waals surface area contributed by atoms with Crippen LogP contribution in [0.25, 0.3) is 5.65 Å². The van der Waals surface area contributed by atoms with Crippen LogP contribution in [0.1, 0.15) is 37.1 Å². The molecule has 2 bridgehead atoms. The summed E-state index contributed by atoms with van der Waals surface area (Å²) in [6.07, 6.45) is 7.73. The lowest BCUT2D eigenvalue weighted by atomic mass is 9.93. The fourth-order valence-corrected chi connectivity index (χ4v) is 5.48. The fourth-order valence-electron chi connectivity index (χ4n) is 5.48. The number of aryl methyl sites for hydroxylation is 1. The number of nitrogens with zero attached hydrogens (tertiary/aromatic N) is 4. The van der Waals surface area contributed by atoms with Gasteiger partial charge in [-0.2, -0.15) is 0 Å². The Hall–Kier alpha value is -2.08. The van der Waals surface area contributed by atoms with Gasteiger partial charge in [-0.1, -0.05) is 12.5 Å². The number of amides is 2. The minimum Gasteiger partial charge on any atom is -0.332 e. The van der Waals surface area contributed by atoms with Gasteiger partial charge in [-0.3, -0.25) is 4.90 Å².